The third kappa shape index (κ3) is 2.48. The monoisotopic (exact) mass is 252 g/mol. The van der Waals surface area contributed by atoms with E-state index < -0.39 is 23.7 Å². The number of carbonyl (C=O) groups excluding carboxylic acids is 2. The van der Waals surface area contributed by atoms with Crippen LogP contribution < -0.4 is 10.2 Å². The van der Waals surface area contributed by atoms with Crippen molar-refractivity contribution in [2.24, 2.45) is 0 Å². The van der Waals surface area contributed by atoms with Gasteiger partial charge < -0.3 is 10.0 Å². The zero-order valence-electron chi connectivity index (χ0n) is 9.81. The average Bonchev–Trinajstić information content (AvgIpc) is 2.27. The highest BCUT2D eigenvalue weighted by Crippen LogP contribution is 2.27. The Balaban J connectivity index is 2.37. The molecule has 1 aromatic rings. The van der Waals surface area contributed by atoms with Crippen molar-refractivity contribution in [2.75, 3.05) is 18.0 Å². The van der Waals surface area contributed by atoms with E-state index in [2.05, 4.69) is 5.32 Å². The summed E-state index contributed by atoms with van der Waals surface area (Å²) >= 11 is 0. The van der Waals surface area contributed by atoms with Crippen LogP contribution in [0, 0.1) is 5.82 Å². The normalized spacial score (nSPS) is 17.6. The van der Waals surface area contributed by atoms with Gasteiger partial charge in [-0.2, -0.15) is 0 Å². The van der Waals surface area contributed by atoms with Crippen molar-refractivity contribution in [3.05, 3.63) is 29.6 Å². The Morgan fingerprint density at radius 1 is 1.33 bits per heavy atom. The summed E-state index contributed by atoms with van der Waals surface area (Å²) in [5.74, 6) is -1.29. The van der Waals surface area contributed by atoms with Gasteiger partial charge in [-0.1, -0.05) is 0 Å². The number of piperazine rings is 1. The number of benzene rings is 1. The lowest BCUT2D eigenvalue weighted by Gasteiger charge is -2.29. The number of aliphatic hydroxyl groups is 1. The number of amides is 2. The molecule has 0 saturated carbocycles. The molecule has 5 nitrogen and oxygen atoms in total. The minimum absolute atomic E-state index is 0.0110. The van der Waals surface area contributed by atoms with Crippen LogP contribution in [0.1, 0.15) is 18.6 Å². The van der Waals surface area contributed by atoms with E-state index in [-0.39, 0.29) is 13.1 Å². The molecule has 2 amide bonds. The van der Waals surface area contributed by atoms with Gasteiger partial charge in [0.1, 0.15) is 5.82 Å². The quantitative estimate of drug-likeness (QED) is 0.745. The third-order valence-electron chi connectivity index (χ3n) is 2.73. The number of anilines is 1. The first-order valence-electron chi connectivity index (χ1n) is 5.52. The molecule has 0 unspecified atom stereocenters. The van der Waals surface area contributed by atoms with Crippen LogP contribution in [0.2, 0.25) is 0 Å². The molecule has 1 atom stereocenters. The highest BCUT2D eigenvalue weighted by Gasteiger charge is 2.25. The predicted octanol–water partition coefficient (Wildman–Crippen LogP) is 0.342. The second-order valence-corrected chi connectivity index (χ2v) is 4.21. The largest absolute Gasteiger partial charge is 0.389 e. The van der Waals surface area contributed by atoms with Crippen LogP contribution in [0.4, 0.5) is 10.1 Å². The summed E-state index contributed by atoms with van der Waals surface area (Å²) < 4.78 is 13.2. The number of rotatable bonds is 2. The summed E-state index contributed by atoms with van der Waals surface area (Å²) in [5.41, 5.74) is 0.854. The van der Waals surface area contributed by atoms with Gasteiger partial charge >= 0.3 is 0 Å². The van der Waals surface area contributed by atoms with Gasteiger partial charge in [-0.25, -0.2) is 4.39 Å². The Bertz CT molecular complexity index is 486. The molecule has 2 rings (SSSR count). The highest BCUT2D eigenvalue weighted by atomic mass is 19.1. The van der Waals surface area contributed by atoms with E-state index in [1.54, 1.807) is 0 Å². The van der Waals surface area contributed by atoms with Gasteiger partial charge in [-0.05, 0) is 25.1 Å². The lowest BCUT2D eigenvalue weighted by molar-refractivity contribution is -0.130. The molecule has 1 fully saturated rings. The van der Waals surface area contributed by atoms with Crippen LogP contribution in [-0.4, -0.2) is 30.0 Å². The molecule has 96 valence electrons. The smallest absolute Gasteiger partial charge is 0.246 e. The van der Waals surface area contributed by atoms with E-state index in [1.165, 1.54) is 30.0 Å². The number of nitrogens with one attached hydrogen (secondary N) is 1. The second kappa shape index (κ2) is 4.73. The van der Waals surface area contributed by atoms with Crippen molar-refractivity contribution in [1.29, 1.82) is 0 Å². The maximum absolute atomic E-state index is 13.2. The first-order valence-corrected chi connectivity index (χ1v) is 5.52. The Labute approximate surface area is 103 Å². The molecular weight excluding hydrogens is 239 g/mol. The van der Waals surface area contributed by atoms with E-state index in [9.17, 15) is 19.1 Å². The Hall–Kier alpha value is -1.95. The fourth-order valence-electron chi connectivity index (χ4n) is 1.96. The number of halogens is 1. The van der Waals surface area contributed by atoms with Crippen molar-refractivity contribution < 1.29 is 19.1 Å². The minimum atomic E-state index is -0.879. The molecule has 18 heavy (non-hydrogen) atoms. The van der Waals surface area contributed by atoms with E-state index in [4.69, 9.17) is 0 Å². The number of hydrogen-bond acceptors (Lipinski definition) is 4. The molecule has 1 saturated heterocycles. The summed E-state index contributed by atoms with van der Waals surface area (Å²) in [7, 11) is 0. The average molecular weight is 252 g/mol. The molecule has 0 radical (unpaired) electrons. The fraction of sp³-hybridized carbons (Fsp3) is 0.333. The van der Waals surface area contributed by atoms with Crippen LogP contribution in [0.3, 0.4) is 0 Å². The van der Waals surface area contributed by atoms with Crippen molar-refractivity contribution in [3.63, 3.8) is 0 Å². The Morgan fingerprint density at radius 2 is 1.94 bits per heavy atom. The van der Waals surface area contributed by atoms with Gasteiger partial charge in [0, 0.05) is 11.3 Å². The van der Waals surface area contributed by atoms with Gasteiger partial charge in [0.15, 0.2) is 0 Å². The molecule has 0 bridgehead atoms. The molecule has 0 aromatic heterocycles. The second-order valence-electron chi connectivity index (χ2n) is 4.21. The summed E-state index contributed by atoms with van der Waals surface area (Å²) in [6, 6.07) is 3.90. The van der Waals surface area contributed by atoms with E-state index in [0.29, 0.717) is 11.3 Å². The number of carbonyl (C=O) groups is 2. The van der Waals surface area contributed by atoms with Crippen molar-refractivity contribution in [1.82, 2.24) is 5.32 Å². The lowest BCUT2D eigenvalue weighted by Crippen LogP contribution is -2.51. The maximum atomic E-state index is 13.2. The standard InChI is InChI=1S/C12H13FN2O3/c1-7(16)9-4-8(13)2-3-10(9)15-5-11(17)14-12(18)6-15/h2-4,7,16H,5-6H2,1H3,(H,14,17,18)/t7-/m1/s1. The van der Waals surface area contributed by atoms with Crippen molar-refractivity contribution >= 4 is 17.5 Å². The topological polar surface area (TPSA) is 69.6 Å². The summed E-state index contributed by atoms with van der Waals surface area (Å²) in [6.07, 6.45) is -0.879. The molecule has 6 heteroatoms. The number of aliphatic hydroxyl groups excluding tert-OH is 1. The zero-order chi connectivity index (χ0) is 13.3. The molecule has 2 N–H and O–H groups in total. The molecule has 1 aromatic carbocycles. The number of hydrogen-bond donors (Lipinski definition) is 2. The summed E-state index contributed by atoms with van der Waals surface area (Å²) in [6.45, 7) is 1.53. The highest BCUT2D eigenvalue weighted by molar-refractivity contribution is 6.02. The van der Waals surface area contributed by atoms with Gasteiger partial charge in [0.2, 0.25) is 11.8 Å². The first-order chi connectivity index (χ1) is 8.47. The van der Waals surface area contributed by atoms with Crippen LogP contribution in [0.15, 0.2) is 18.2 Å². The lowest BCUT2D eigenvalue weighted by atomic mass is 10.1. The van der Waals surface area contributed by atoms with Gasteiger partial charge in [-0.15, -0.1) is 0 Å². The first kappa shape index (κ1) is 12.5. The summed E-state index contributed by atoms with van der Waals surface area (Å²) in [4.78, 5) is 24.1. The Kier molecular flexibility index (Phi) is 3.29. The summed E-state index contributed by atoms with van der Waals surface area (Å²) in [5, 5.41) is 11.8. The number of nitrogens with zero attached hydrogens (tertiary/aromatic N) is 1. The van der Waals surface area contributed by atoms with E-state index in [0.717, 1.165) is 0 Å². The fourth-order valence-corrected chi connectivity index (χ4v) is 1.96. The molecule has 1 aliphatic rings. The molecular formula is C12H13FN2O3. The van der Waals surface area contributed by atoms with Gasteiger partial charge in [0.25, 0.3) is 0 Å². The maximum Gasteiger partial charge on any atom is 0.246 e. The minimum Gasteiger partial charge on any atom is -0.389 e. The SMILES string of the molecule is C[C@@H](O)c1cc(F)ccc1N1CC(=O)NC(=O)C1. The number of imide groups is 1. The van der Waals surface area contributed by atoms with Gasteiger partial charge in [-0.3, -0.25) is 14.9 Å². The molecule has 1 aliphatic heterocycles. The molecule has 0 spiro atoms. The predicted molar refractivity (Wildman–Crippen MR) is 62.4 cm³/mol. The van der Waals surface area contributed by atoms with Crippen molar-refractivity contribution in [2.45, 2.75) is 13.0 Å². The van der Waals surface area contributed by atoms with Crippen LogP contribution in [0.5, 0.6) is 0 Å². The van der Waals surface area contributed by atoms with E-state index in [1.807, 2.05) is 0 Å². The van der Waals surface area contributed by atoms with Crippen LogP contribution in [0.25, 0.3) is 0 Å². The third-order valence-corrected chi connectivity index (χ3v) is 2.73. The van der Waals surface area contributed by atoms with Crippen LogP contribution >= 0.6 is 0 Å². The molecule has 1 heterocycles. The van der Waals surface area contributed by atoms with E-state index >= 15 is 0 Å². The van der Waals surface area contributed by atoms with Crippen LogP contribution in [-0.2, 0) is 9.59 Å². The Morgan fingerprint density at radius 3 is 2.50 bits per heavy atom. The molecule has 0 aliphatic carbocycles. The van der Waals surface area contributed by atoms with Gasteiger partial charge in [0.05, 0.1) is 19.2 Å². The van der Waals surface area contributed by atoms with Crippen molar-refractivity contribution in [3.8, 4) is 0 Å². The zero-order valence-corrected chi connectivity index (χ0v) is 9.81.